The first-order valence-electron chi connectivity index (χ1n) is 6.63. The van der Waals surface area contributed by atoms with Crippen LogP contribution in [0.1, 0.15) is 25.3 Å². The first kappa shape index (κ1) is 13.1. The Labute approximate surface area is 109 Å². The Morgan fingerprint density at radius 3 is 2.56 bits per heavy atom. The van der Waals surface area contributed by atoms with Crippen molar-refractivity contribution >= 4 is 11.6 Å². The molecule has 2 rings (SSSR count). The van der Waals surface area contributed by atoms with Crippen LogP contribution in [0.5, 0.6) is 0 Å². The van der Waals surface area contributed by atoms with Gasteiger partial charge in [0.2, 0.25) is 5.91 Å². The highest BCUT2D eigenvalue weighted by Crippen LogP contribution is 2.34. The van der Waals surface area contributed by atoms with Gasteiger partial charge in [-0.3, -0.25) is 9.69 Å². The van der Waals surface area contributed by atoms with Gasteiger partial charge in [0.05, 0.1) is 6.54 Å². The molecule has 3 heteroatoms. The van der Waals surface area contributed by atoms with Gasteiger partial charge in [0.15, 0.2) is 0 Å². The van der Waals surface area contributed by atoms with Crippen molar-refractivity contribution in [3.8, 4) is 0 Å². The van der Waals surface area contributed by atoms with E-state index in [-0.39, 0.29) is 5.91 Å². The molecule has 1 saturated carbocycles. The number of aryl methyl sites for hydroxylation is 1. The van der Waals surface area contributed by atoms with Crippen LogP contribution in [0.25, 0.3) is 0 Å². The second-order valence-electron chi connectivity index (χ2n) is 5.41. The van der Waals surface area contributed by atoms with Gasteiger partial charge in [-0.15, -0.1) is 0 Å². The molecule has 0 aliphatic heterocycles. The minimum atomic E-state index is 0.0638. The van der Waals surface area contributed by atoms with E-state index >= 15 is 0 Å². The van der Waals surface area contributed by atoms with Crippen molar-refractivity contribution in [2.24, 2.45) is 5.92 Å². The van der Waals surface area contributed by atoms with E-state index in [0.717, 1.165) is 11.6 Å². The number of anilines is 1. The Hall–Kier alpha value is -1.35. The summed E-state index contributed by atoms with van der Waals surface area (Å²) in [6.45, 7) is 4.71. The van der Waals surface area contributed by atoms with Crippen LogP contribution >= 0.6 is 0 Å². The molecule has 3 nitrogen and oxygen atoms in total. The Morgan fingerprint density at radius 1 is 1.39 bits per heavy atom. The molecule has 0 saturated heterocycles. The molecule has 1 N–H and O–H groups in total. The Kier molecular flexibility index (Phi) is 4.02. The number of rotatable bonds is 5. The quantitative estimate of drug-likeness (QED) is 0.866. The molecule has 98 valence electrons. The van der Waals surface area contributed by atoms with Gasteiger partial charge in [-0.2, -0.15) is 0 Å². The lowest BCUT2D eigenvalue weighted by Crippen LogP contribution is -2.37. The van der Waals surface area contributed by atoms with E-state index in [1.165, 1.54) is 18.4 Å². The number of carbonyl (C=O) groups is 1. The van der Waals surface area contributed by atoms with Crippen molar-refractivity contribution in [3.05, 3.63) is 29.8 Å². The molecular weight excluding hydrogens is 224 g/mol. The fourth-order valence-electron chi connectivity index (χ4n) is 2.15. The third kappa shape index (κ3) is 3.57. The molecule has 18 heavy (non-hydrogen) atoms. The lowest BCUT2D eigenvalue weighted by Gasteiger charge is -2.23. The minimum absolute atomic E-state index is 0.0638. The number of nitrogens with zero attached hydrogens (tertiary/aromatic N) is 1. The largest absolute Gasteiger partial charge is 0.325 e. The predicted molar refractivity (Wildman–Crippen MR) is 74.6 cm³/mol. The van der Waals surface area contributed by atoms with Gasteiger partial charge in [-0.1, -0.05) is 17.7 Å². The maximum atomic E-state index is 11.9. The summed E-state index contributed by atoms with van der Waals surface area (Å²) < 4.78 is 0. The number of nitrogens with one attached hydrogen (secondary N) is 1. The molecule has 0 spiro atoms. The average Bonchev–Trinajstić information content (AvgIpc) is 3.15. The molecule has 1 aromatic rings. The van der Waals surface area contributed by atoms with Gasteiger partial charge in [-0.05, 0) is 51.8 Å². The van der Waals surface area contributed by atoms with Crippen LogP contribution in [0.15, 0.2) is 24.3 Å². The monoisotopic (exact) mass is 246 g/mol. The maximum absolute atomic E-state index is 11.9. The Bertz CT molecular complexity index is 409. The predicted octanol–water partition coefficient (Wildman–Crippen LogP) is 2.66. The van der Waals surface area contributed by atoms with Crippen molar-refractivity contribution in [1.82, 2.24) is 4.90 Å². The zero-order valence-corrected chi connectivity index (χ0v) is 11.4. The lowest BCUT2D eigenvalue weighted by atomic mass is 10.2. The van der Waals surface area contributed by atoms with Gasteiger partial charge in [0.25, 0.3) is 0 Å². The van der Waals surface area contributed by atoms with E-state index in [1.54, 1.807) is 0 Å². The van der Waals surface area contributed by atoms with E-state index < -0.39 is 0 Å². The molecule has 0 radical (unpaired) electrons. The molecular formula is C15H22N2O. The van der Waals surface area contributed by atoms with Gasteiger partial charge in [0, 0.05) is 11.7 Å². The van der Waals surface area contributed by atoms with Crippen LogP contribution in [-0.4, -0.2) is 30.4 Å². The van der Waals surface area contributed by atoms with Crippen LogP contribution in [0, 0.1) is 12.8 Å². The third-order valence-corrected chi connectivity index (χ3v) is 3.73. The zero-order valence-electron chi connectivity index (χ0n) is 11.4. The van der Waals surface area contributed by atoms with Crippen LogP contribution in [0.2, 0.25) is 0 Å². The summed E-state index contributed by atoms with van der Waals surface area (Å²) in [6.07, 6.45) is 2.62. The summed E-state index contributed by atoms with van der Waals surface area (Å²) in [6, 6.07) is 8.40. The molecule has 1 fully saturated rings. The number of benzene rings is 1. The summed E-state index contributed by atoms with van der Waals surface area (Å²) in [5.74, 6) is 0.857. The first-order valence-corrected chi connectivity index (χ1v) is 6.63. The first-order chi connectivity index (χ1) is 8.56. The molecule has 1 aliphatic rings. The summed E-state index contributed by atoms with van der Waals surface area (Å²) in [5, 5.41) is 2.93. The summed E-state index contributed by atoms with van der Waals surface area (Å²) in [7, 11) is 2.03. The molecule has 1 aromatic carbocycles. The molecule has 0 heterocycles. The van der Waals surface area contributed by atoms with Gasteiger partial charge in [0.1, 0.15) is 0 Å². The topological polar surface area (TPSA) is 32.3 Å². The molecule has 1 atom stereocenters. The zero-order chi connectivity index (χ0) is 13.1. The Balaban J connectivity index is 1.82. The van der Waals surface area contributed by atoms with Crippen LogP contribution in [0.4, 0.5) is 5.69 Å². The average molecular weight is 246 g/mol. The number of hydrogen-bond donors (Lipinski definition) is 1. The minimum Gasteiger partial charge on any atom is -0.325 e. The highest BCUT2D eigenvalue weighted by atomic mass is 16.2. The highest BCUT2D eigenvalue weighted by molar-refractivity contribution is 5.92. The SMILES string of the molecule is Cc1ccc(NC(=O)CN(C)C(C)C2CC2)cc1. The second kappa shape index (κ2) is 5.53. The summed E-state index contributed by atoms with van der Waals surface area (Å²) >= 11 is 0. The van der Waals surface area contributed by atoms with Crippen LogP contribution in [0.3, 0.4) is 0 Å². The molecule has 0 bridgehead atoms. The van der Waals surface area contributed by atoms with Gasteiger partial charge in [-0.25, -0.2) is 0 Å². The molecule has 1 amide bonds. The van der Waals surface area contributed by atoms with Crippen molar-refractivity contribution in [2.45, 2.75) is 32.7 Å². The third-order valence-electron chi connectivity index (χ3n) is 3.73. The summed E-state index contributed by atoms with van der Waals surface area (Å²) in [5.41, 5.74) is 2.07. The van der Waals surface area contributed by atoms with E-state index in [9.17, 15) is 4.79 Å². The van der Waals surface area contributed by atoms with Gasteiger partial charge < -0.3 is 5.32 Å². The Morgan fingerprint density at radius 2 is 2.00 bits per heavy atom. The molecule has 1 unspecified atom stereocenters. The number of hydrogen-bond acceptors (Lipinski definition) is 2. The molecule has 0 aromatic heterocycles. The second-order valence-corrected chi connectivity index (χ2v) is 5.41. The van der Waals surface area contributed by atoms with E-state index in [1.807, 2.05) is 38.2 Å². The van der Waals surface area contributed by atoms with Crippen LogP contribution in [-0.2, 0) is 4.79 Å². The normalized spacial score (nSPS) is 16.7. The van der Waals surface area contributed by atoms with Crippen molar-refractivity contribution in [3.63, 3.8) is 0 Å². The maximum Gasteiger partial charge on any atom is 0.238 e. The fourth-order valence-corrected chi connectivity index (χ4v) is 2.15. The van der Waals surface area contributed by atoms with Gasteiger partial charge >= 0.3 is 0 Å². The van der Waals surface area contributed by atoms with Crippen molar-refractivity contribution in [1.29, 1.82) is 0 Å². The van der Waals surface area contributed by atoms with E-state index in [4.69, 9.17) is 0 Å². The van der Waals surface area contributed by atoms with Crippen LogP contribution < -0.4 is 5.32 Å². The molecule has 1 aliphatic carbocycles. The number of carbonyl (C=O) groups excluding carboxylic acids is 1. The van der Waals surface area contributed by atoms with Crippen molar-refractivity contribution in [2.75, 3.05) is 18.9 Å². The summed E-state index contributed by atoms with van der Waals surface area (Å²) in [4.78, 5) is 14.0. The van der Waals surface area contributed by atoms with Crippen molar-refractivity contribution < 1.29 is 4.79 Å². The smallest absolute Gasteiger partial charge is 0.238 e. The number of likely N-dealkylation sites (N-methyl/N-ethyl adjacent to an activating group) is 1. The van der Waals surface area contributed by atoms with E-state index in [2.05, 4.69) is 17.1 Å². The lowest BCUT2D eigenvalue weighted by molar-refractivity contribution is -0.117. The van der Waals surface area contributed by atoms with E-state index in [0.29, 0.717) is 12.6 Å². The highest BCUT2D eigenvalue weighted by Gasteiger charge is 2.30. The standard InChI is InChI=1S/C15H22N2O/c1-11-4-8-14(9-5-11)16-15(18)10-17(3)12(2)13-6-7-13/h4-5,8-9,12-13H,6-7,10H2,1-3H3,(H,16,18). The number of amides is 1. The fraction of sp³-hybridized carbons (Fsp3) is 0.533.